The zero-order valence-corrected chi connectivity index (χ0v) is 28.7. The Morgan fingerprint density at radius 3 is 2.45 bits per heavy atom. The Morgan fingerprint density at radius 1 is 1.14 bits per heavy atom. The summed E-state index contributed by atoms with van der Waals surface area (Å²) in [5.74, 6) is -0.0766. The van der Waals surface area contributed by atoms with Crippen molar-refractivity contribution in [3.63, 3.8) is 0 Å². The number of imidazole rings is 1. The van der Waals surface area contributed by atoms with E-state index in [2.05, 4.69) is 43.7 Å². The number of aromatic nitrogens is 2. The lowest BCUT2D eigenvalue weighted by Crippen LogP contribution is -2.43. The third-order valence-corrected chi connectivity index (χ3v) is 14.8. The molecule has 5 rings (SSSR count). The Morgan fingerprint density at radius 2 is 1.84 bits per heavy atom. The molecule has 1 aliphatic carbocycles. The van der Waals surface area contributed by atoms with Gasteiger partial charge in [0.25, 0.3) is 12.3 Å². The van der Waals surface area contributed by atoms with Crippen LogP contribution in [-0.4, -0.2) is 53.5 Å². The summed E-state index contributed by atoms with van der Waals surface area (Å²) in [5.41, 5.74) is 2.05. The third kappa shape index (κ3) is 6.72. The molecule has 1 spiro atoms. The van der Waals surface area contributed by atoms with E-state index in [1.54, 1.807) is 4.90 Å². The molecule has 1 N–H and O–H groups in total. The molecule has 1 saturated heterocycles. The van der Waals surface area contributed by atoms with Gasteiger partial charge in [-0.1, -0.05) is 26.8 Å². The Kier molecular flexibility index (Phi) is 8.52. The summed E-state index contributed by atoms with van der Waals surface area (Å²) >= 11 is 0.783. The smallest absolute Gasteiger partial charge is 0.410 e. The fraction of sp³-hybridized carbons (Fsp3) is 0.594. The molecular formula is C32H44F2N4O4SSi. The van der Waals surface area contributed by atoms with Crippen molar-refractivity contribution in [3.8, 4) is 0 Å². The molecule has 1 aliphatic heterocycles. The second-order valence-corrected chi connectivity index (χ2v) is 20.8. The van der Waals surface area contributed by atoms with Crippen molar-refractivity contribution < 1.29 is 27.5 Å². The van der Waals surface area contributed by atoms with Crippen LogP contribution in [0.25, 0.3) is 11.0 Å². The number of thiophene rings is 1. The number of hydrogen-bond donors (Lipinski definition) is 1. The van der Waals surface area contributed by atoms with Crippen LogP contribution >= 0.6 is 11.3 Å². The van der Waals surface area contributed by atoms with Crippen molar-refractivity contribution in [2.75, 3.05) is 18.4 Å². The molecule has 2 fully saturated rings. The largest absolute Gasteiger partial charge is 0.444 e. The number of rotatable bonds is 7. The molecule has 0 unspecified atom stereocenters. The summed E-state index contributed by atoms with van der Waals surface area (Å²) in [6, 6.07) is 8.84. The Hall–Kier alpha value is -2.83. The predicted octanol–water partition coefficient (Wildman–Crippen LogP) is 8.77. The van der Waals surface area contributed by atoms with Gasteiger partial charge in [0, 0.05) is 19.1 Å². The molecule has 44 heavy (non-hydrogen) atoms. The van der Waals surface area contributed by atoms with Gasteiger partial charge >= 0.3 is 6.09 Å². The fourth-order valence-corrected chi connectivity index (χ4v) is 7.52. The highest BCUT2D eigenvalue weighted by molar-refractivity contribution is 7.14. The van der Waals surface area contributed by atoms with E-state index in [4.69, 9.17) is 14.1 Å². The van der Waals surface area contributed by atoms with Gasteiger partial charge in [0.05, 0.1) is 27.4 Å². The first-order valence-electron chi connectivity index (χ1n) is 15.2. The van der Waals surface area contributed by atoms with E-state index < -0.39 is 26.3 Å². The summed E-state index contributed by atoms with van der Waals surface area (Å²) in [4.78, 5) is 32.6. The molecule has 0 bridgehead atoms. The van der Waals surface area contributed by atoms with Gasteiger partial charge in [0.2, 0.25) is 5.95 Å². The third-order valence-electron chi connectivity index (χ3n) is 9.24. The standard InChI is InChI=1S/C32H44F2N4O4SSi/c1-30(2,3)42-29(40)37-14-13-32(19-37)16-21(17-32)38-23-10-9-20(18-41-44(7,8)31(4,5)6)15-22(23)35-28(38)36-27(39)25-12-11-24(43-25)26(33)34/h9-12,15,21,26H,13-14,16-19H2,1-8H3,(H,35,36,39). The highest BCUT2D eigenvalue weighted by Gasteiger charge is 2.51. The van der Waals surface area contributed by atoms with E-state index in [0.717, 1.165) is 47.2 Å². The monoisotopic (exact) mass is 646 g/mol. The lowest BCUT2D eigenvalue weighted by atomic mass is 9.65. The SMILES string of the molecule is CC(C)(C)OC(=O)N1CCC2(CC(n3c(NC(=O)c4ccc(C(F)F)s4)nc4cc(CO[Si](C)(C)C(C)(C)C)ccc43)C2)C1. The molecule has 8 nitrogen and oxygen atoms in total. The molecule has 2 amide bonds. The molecule has 0 radical (unpaired) electrons. The topological polar surface area (TPSA) is 85.7 Å². The zero-order chi connectivity index (χ0) is 32.2. The van der Waals surface area contributed by atoms with Crippen LogP contribution in [-0.2, 0) is 15.8 Å². The van der Waals surface area contributed by atoms with Gasteiger partial charge in [-0.25, -0.2) is 18.6 Å². The maximum absolute atomic E-state index is 13.2. The number of halogens is 2. The van der Waals surface area contributed by atoms with Gasteiger partial charge in [-0.2, -0.15) is 0 Å². The molecular weight excluding hydrogens is 603 g/mol. The highest BCUT2D eigenvalue weighted by atomic mass is 32.1. The maximum atomic E-state index is 13.2. The number of carbonyl (C=O) groups is 2. The van der Waals surface area contributed by atoms with Gasteiger partial charge in [-0.15, -0.1) is 11.3 Å². The lowest BCUT2D eigenvalue weighted by Gasteiger charge is -2.46. The number of alkyl halides is 2. The number of ether oxygens (including phenoxy) is 1. The van der Waals surface area contributed by atoms with E-state index in [1.807, 2.05) is 39.0 Å². The molecule has 2 aliphatic rings. The highest BCUT2D eigenvalue weighted by Crippen LogP contribution is 2.55. The minimum Gasteiger partial charge on any atom is -0.444 e. The minimum absolute atomic E-state index is 0.0176. The van der Waals surface area contributed by atoms with Crippen LogP contribution in [0.1, 0.15) is 93.4 Å². The minimum atomic E-state index is -2.63. The molecule has 2 aromatic heterocycles. The summed E-state index contributed by atoms with van der Waals surface area (Å²) in [6.45, 7) is 18.4. The summed E-state index contributed by atoms with van der Waals surface area (Å²) < 4.78 is 40.5. The first kappa shape index (κ1) is 32.6. The molecule has 0 atom stereocenters. The van der Waals surface area contributed by atoms with Crippen LogP contribution in [0.5, 0.6) is 0 Å². The number of likely N-dealkylation sites (tertiary alicyclic amines) is 1. The number of amides is 2. The Balaban J connectivity index is 1.39. The van der Waals surface area contributed by atoms with Gasteiger partial charge in [0.1, 0.15) is 5.60 Å². The van der Waals surface area contributed by atoms with Gasteiger partial charge in [0.15, 0.2) is 8.32 Å². The average molecular weight is 647 g/mol. The molecule has 3 heterocycles. The Labute approximate surface area is 263 Å². The number of carbonyl (C=O) groups excluding carboxylic acids is 2. The van der Waals surface area contributed by atoms with Crippen LogP contribution in [0.2, 0.25) is 18.1 Å². The quantitative estimate of drug-likeness (QED) is 0.260. The number of benzene rings is 1. The molecule has 1 aromatic carbocycles. The molecule has 3 aromatic rings. The number of nitrogens with one attached hydrogen (secondary N) is 1. The molecule has 240 valence electrons. The summed E-state index contributed by atoms with van der Waals surface area (Å²) in [5, 5.41) is 3.00. The second kappa shape index (κ2) is 11.5. The fourth-order valence-electron chi connectivity index (χ4n) is 5.80. The van der Waals surface area contributed by atoms with Crippen molar-refractivity contribution in [2.45, 2.75) is 104 Å². The second-order valence-electron chi connectivity index (χ2n) is 14.8. The first-order valence-corrected chi connectivity index (χ1v) is 18.9. The summed E-state index contributed by atoms with van der Waals surface area (Å²) in [7, 11) is -1.96. The van der Waals surface area contributed by atoms with Gasteiger partial charge in [-0.3, -0.25) is 10.1 Å². The number of anilines is 1. The van der Waals surface area contributed by atoms with Crippen molar-refractivity contribution in [3.05, 3.63) is 45.6 Å². The van der Waals surface area contributed by atoms with Crippen molar-refractivity contribution in [2.24, 2.45) is 5.41 Å². The van der Waals surface area contributed by atoms with Crippen LogP contribution in [0.4, 0.5) is 19.5 Å². The van der Waals surface area contributed by atoms with Gasteiger partial charge < -0.3 is 18.6 Å². The van der Waals surface area contributed by atoms with Crippen LogP contribution in [0, 0.1) is 5.41 Å². The molecule has 12 heteroatoms. The van der Waals surface area contributed by atoms with E-state index in [0.29, 0.717) is 25.6 Å². The van der Waals surface area contributed by atoms with Crippen LogP contribution < -0.4 is 5.32 Å². The van der Waals surface area contributed by atoms with E-state index in [1.165, 1.54) is 12.1 Å². The predicted molar refractivity (Wildman–Crippen MR) is 172 cm³/mol. The number of fused-ring (bicyclic) bond motifs is 1. The maximum Gasteiger partial charge on any atom is 0.410 e. The Bertz CT molecular complexity index is 1550. The molecule has 1 saturated carbocycles. The van der Waals surface area contributed by atoms with E-state index in [-0.39, 0.29) is 32.3 Å². The normalized spacial score (nSPS) is 20.9. The van der Waals surface area contributed by atoms with Crippen LogP contribution in [0.15, 0.2) is 30.3 Å². The van der Waals surface area contributed by atoms with E-state index in [9.17, 15) is 18.4 Å². The zero-order valence-electron chi connectivity index (χ0n) is 26.9. The van der Waals surface area contributed by atoms with E-state index >= 15 is 0 Å². The van der Waals surface area contributed by atoms with Gasteiger partial charge in [-0.05, 0) is 93.4 Å². The first-order chi connectivity index (χ1) is 20.4. The summed E-state index contributed by atoms with van der Waals surface area (Å²) in [6.07, 6.45) is -0.379. The van der Waals surface area contributed by atoms with Crippen molar-refractivity contribution in [1.82, 2.24) is 14.5 Å². The number of hydrogen-bond acceptors (Lipinski definition) is 6. The van der Waals surface area contributed by atoms with Crippen molar-refractivity contribution in [1.29, 1.82) is 0 Å². The number of nitrogens with zero attached hydrogens (tertiary/aromatic N) is 3. The average Bonchev–Trinajstić information content (AvgIpc) is 3.61. The lowest BCUT2D eigenvalue weighted by molar-refractivity contribution is 0.0199. The van der Waals surface area contributed by atoms with Crippen molar-refractivity contribution >= 4 is 48.6 Å². The van der Waals surface area contributed by atoms with Crippen LogP contribution in [0.3, 0.4) is 0 Å².